The number of urea groups is 1. The Bertz CT molecular complexity index is 393. The molecule has 0 heterocycles. The molecule has 4 heteroatoms. The Kier molecular flexibility index (Phi) is 5.48. The molecule has 1 aromatic rings. The number of amides is 2. The first-order valence-electron chi connectivity index (χ1n) is 5.86. The molecule has 94 valence electrons. The molecule has 0 radical (unpaired) electrons. The quantitative estimate of drug-likeness (QED) is 0.864. The summed E-state index contributed by atoms with van der Waals surface area (Å²) in [4.78, 5) is 11.7. The number of hydrogen-bond donors (Lipinski definition) is 2. The van der Waals surface area contributed by atoms with Crippen molar-refractivity contribution in [3.63, 3.8) is 0 Å². The van der Waals surface area contributed by atoms with E-state index in [9.17, 15) is 4.79 Å². The van der Waals surface area contributed by atoms with Gasteiger partial charge in [0.05, 0.1) is 0 Å². The molecule has 1 atom stereocenters. The van der Waals surface area contributed by atoms with E-state index in [0.717, 1.165) is 28.6 Å². The molecule has 17 heavy (non-hydrogen) atoms. The van der Waals surface area contributed by atoms with Crippen LogP contribution in [0.5, 0.6) is 0 Å². The van der Waals surface area contributed by atoms with Crippen molar-refractivity contribution < 1.29 is 4.79 Å². The van der Waals surface area contributed by atoms with Gasteiger partial charge in [0.1, 0.15) is 0 Å². The summed E-state index contributed by atoms with van der Waals surface area (Å²) >= 11 is 3.39. The molecule has 0 saturated heterocycles. The normalized spacial score (nSPS) is 12.0. The molecular formula is C13H19BrN2O. The Balaban J connectivity index is 2.56. The summed E-state index contributed by atoms with van der Waals surface area (Å²) in [5.74, 6) is 0. The Morgan fingerprint density at radius 1 is 1.47 bits per heavy atom. The lowest BCUT2D eigenvalue weighted by atomic mass is 10.2. The fourth-order valence-electron chi connectivity index (χ4n) is 1.65. The van der Waals surface area contributed by atoms with Gasteiger partial charge >= 0.3 is 6.03 Å². The smallest absolute Gasteiger partial charge is 0.319 e. The minimum atomic E-state index is -0.142. The van der Waals surface area contributed by atoms with E-state index >= 15 is 0 Å². The maximum absolute atomic E-state index is 11.7. The maximum Gasteiger partial charge on any atom is 0.319 e. The topological polar surface area (TPSA) is 41.1 Å². The zero-order chi connectivity index (χ0) is 12.8. The Morgan fingerprint density at radius 2 is 2.18 bits per heavy atom. The van der Waals surface area contributed by atoms with E-state index in [1.54, 1.807) is 0 Å². The van der Waals surface area contributed by atoms with Crippen LogP contribution in [0.2, 0.25) is 0 Å². The lowest BCUT2D eigenvalue weighted by Gasteiger charge is -2.14. The summed E-state index contributed by atoms with van der Waals surface area (Å²) in [5, 5.41) is 5.77. The summed E-state index contributed by atoms with van der Waals surface area (Å²) in [5.41, 5.74) is 1.88. The number of halogens is 1. The summed E-state index contributed by atoms with van der Waals surface area (Å²) in [6, 6.07) is 5.85. The lowest BCUT2D eigenvalue weighted by Crippen LogP contribution is -2.36. The van der Waals surface area contributed by atoms with Crippen LogP contribution in [-0.4, -0.2) is 12.1 Å². The third kappa shape index (κ3) is 4.77. The first-order chi connectivity index (χ1) is 8.02. The summed E-state index contributed by atoms with van der Waals surface area (Å²) in [7, 11) is 0. The van der Waals surface area contributed by atoms with Gasteiger partial charge in [0.2, 0.25) is 0 Å². The zero-order valence-electron chi connectivity index (χ0n) is 10.5. The molecule has 1 aromatic carbocycles. The number of rotatable bonds is 4. The van der Waals surface area contributed by atoms with Gasteiger partial charge in [-0.3, -0.25) is 0 Å². The van der Waals surface area contributed by atoms with E-state index in [-0.39, 0.29) is 12.1 Å². The summed E-state index contributed by atoms with van der Waals surface area (Å²) in [6.45, 7) is 6.09. The van der Waals surface area contributed by atoms with Gasteiger partial charge in [0, 0.05) is 16.2 Å². The van der Waals surface area contributed by atoms with E-state index in [1.807, 2.05) is 32.0 Å². The first kappa shape index (κ1) is 14.0. The number of nitrogens with one attached hydrogen (secondary N) is 2. The number of carbonyl (C=O) groups is 1. The third-order valence-electron chi connectivity index (χ3n) is 2.54. The average molecular weight is 299 g/mol. The highest BCUT2D eigenvalue weighted by Crippen LogP contribution is 2.19. The molecule has 0 fully saturated rings. The van der Waals surface area contributed by atoms with Crippen molar-refractivity contribution >= 4 is 27.6 Å². The molecule has 0 aliphatic carbocycles. The van der Waals surface area contributed by atoms with Crippen molar-refractivity contribution in [2.75, 3.05) is 5.32 Å². The first-order valence-corrected chi connectivity index (χ1v) is 6.66. The van der Waals surface area contributed by atoms with Gasteiger partial charge in [-0.15, -0.1) is 0 Å². The van der Waals surface area contributed by atoms with Crippen LogP contribution >= 0.6 is 15.9 Å². The Labute approximate surface area is 111 Å². The van der Waals surface area contributed by atoms with Crippen molar-refractivity contribution in [1.82, 2.24) is 5.32 Å². The zero-order valence-corrected chi connectivity index (χ0v) is 12.1. The molecule has 0 saturated carbocycles. The molecule has 0 aliphatic rings. The molecule has 1 rings (SSSR count). The second-order valence-corrected chi connectivity index (χ2v) is 5.16. The number of aryl methyl sites for hydroxylation is 1. The van der Waals surface area contributed by atoms with E-state index in [4.69, 9.17) is 0 Å². The van der Waals surface area contributed by atoms with E-state index in [1.165, 1.54) is 0 Å². The highest BCUT2D eigenvalue weighted by molar-refractivity contribution is 9.10. The number of hydrogen-bond acceptors (Lipinski definition) is 1. The molecule has 0 aromatic heterocycles. The SMILES string of the molecule is CCCC(C)NC(=O)Nc1ccc(Br)cc1C. The summed E-state index contributed by atoms with van der Waals surface area (Å²) < 4.78 is 1.01. The standard InChI is InChI=1S/C13H19BrN2O/c1-4-5-10(3)15-13(17)16-12-7-6-11(14)8-9(12)2/h6-8,10H,4-5H2,1-3H3,(H2,15,16,17). The maximum atomic E-state index is 11.7. The van der Waals surface area contributed by atoms with Gasteiger partial charge in [0.25, 0.3) is 0 Å². The third-order valence-corrected chi connectivity index (χ3v) is 3.03. The highest BCUT2D eigenvalue weighted by atomic mass is 79.9. The molecule has 0 aliphatic heterocycles. The average Bonchev–Trinajstić information content (AvgIpc) is 2.22. The second-order valence-electron chi connectivity index (χ2n) is 4.25. The molecule has 2 N–H and O–H groups in total. The molecule has 0 spiro atoms. The van der Waals surface area contributed by atoms with Crippen LogP contribution in [0.4, 0.5) is 10.5 Å². The van der Waals surface area contributed by atoms with Crippen LogP contribution in [0, 0.1) is 6.92 Å². The van der Waals surface area contributed by atoms with Crippen molar-refractivity contribution in [3.8, 4) is 0 Å². The van der Waals surface area contributed by atoms with E-state index in [0.29, 0.717) is 0 Å². The fourth-order valence-corrected chi connectivity index (χ4v) is 2.13. The molecule has 1 unspecified atom stereocenters. The number of anilines is 1. The Morgan fingerprint density at radius 3 is 2.76 bits per heavy atom. The lowest BCUT2D eigenvalue weighted by molar-refractivity contribution is 0.248. The minimum Gasteiger partial charge on any atom is -0.335 e. The molecule has 2 amide bonds. The summed E-state index contributed by atoms with van der Waals surface area (Å²) in [6.07, 6.45) is 2.06. The van der Waals surface area contributed by atoms with Gasteiger partial charge in [-0.1, -0.05) is 29.3 Å². The van der Waals surface area contributed by atoms with Crippen LogP contribution < -0.4 is 10.6 Å². The van der Waals surface area contributed by atoms with Gasteiger partial charge in [-0.05, 0) is 44.0 Å². The number of benzene rings is 1. The van der Waals surface area contributed by atoms with Gasteiger partial charge < -0.3 is 10.6 Å². The Hall–Kier alpha value is -1.03. The van der Waals surface area contributed by atoms with Crippen molar-refractivity contribution in [3.05, 3.63) is 28.2 Å². The predicted molar refractivity (Wildman–Crippen MR) is 75.4 cm³/mol. The van der Waals surface area contributed by atoms with Crippen LogP contribution in [0.25, 0.3) is 0 Å². The molecule has 0 bridgehead atoms. The van der Waals surface area contributed by atoms with Gasteiger partial charge in [0.15, 0.2) is 0 Å². The minimum absolute atomic E-state index is 0.142. The van der Waals surface area contributed by atoms with Crippen LogP contribution in [0.15, 0.2) is 22.7 Å². The van der Waals surface area contributed by atoms with Gasteiger partial charge in [-0.2, -0.15) is 0 Å². The monoisotopic (exact) mass is 298 g/mol. The number of carbonyl (C=O) groups excluding carboxylic acids is 1. The van der Waals surface area contributed by atoms with Crippen molar-refractivity contribution in [2.24, 2.45) is 0 Å². The second kappa shape index (κ2) is 6.64. The molecule has 3 nitrogen and oxygen atoms in total. The largest absolute Gasteiger partial charge is 0.335 e. The van der Waals surface area contributed by atoms with Crippen LogP contribution in [0.3, 0.4) is 0 Å². The fraction of sp³-hybridized carbons (Fsp3) is 0.462. The molecular weight excluding hydrogens is 280 g/mol. The van der Waals surface area contributed by atoms with Crippen molar-refractivity contribution in [2.45, 2.75) is 39.7 Å². The van der Waals surface area contributed by atoms with Crippen LogP contribution in [0.1, 0.15) is 32.3 Å². The van der Waals surface area contributed by atoms with Crippen LogP contribution in [-0.2, 0) is 0 Å². The van der Waals surface area contributed by atoms with Crippen molar-refractivity contribution in [1.29, 1.82) is 0 Å². The van der Waals surface area contributed by atoms with Gasteiger partial charge in [-0.25, -0.2) is 4.79 Å². The predicted octanol–water partition coefficient (Wildman–Crippen LogP) is 4.07. The van der Waals surface area contributed by atoms with E-state index in [2.05, 4.69) is 33.5 Å². The van der Waals surface area contributed by atoms with E-state index < -0.39 is 0 Å². The highest BCUT2D eigenvalue weighted by Gasteiger charge is 2.07.